The second-order valence-electron chi connectivity index (χ2n) is 12.5. The number of carbonyl (C=O) groups is 1. The lowest BCUT2D eigenvalue weighted by molar-refractivity contribution is 0.0692. The third-order valence-electron chi connectivity index (χ3n) is 8.81. The number of hydrogen-bond donors (Lipinski definition) is 5. The van der Waals surface area contributed by atoms with Gasteiger partial charge in [0.2, 0.25) is 0 Å². The SMILES string of the molecule is CCCCCc1cc(O)c(C2C=C(C)CCC2)c(O)c1.CCCCCc1cc(O)c(C2C=C(C)CCC2)c(O)c1C(=O)O. The lowest BCUT2D eigenvalue weighted by Gasteiger charge is -2.23. The van der Waals surface area contributed by atoms with Crippen LogP contribution in [-0.4, -0.2) is 31.5 Å². The van der Waals surface area contributed by atoms with Crippen LogP contribution >= 0.6 is 0 Å². The van der Waals surface area contributed by atoms with Crippen LogP contribution in [0.2, 0.25) is 0 Å². The molecule has 0 saturated carbocycles. The standard InChI is InChI=1S/C19H26O4.C18H26O2/c1-3-4-5-8-14-11-15(20)16(18(21)17(14)19(22)23)13-9-6-7-12(2)10-13;1-3-4-5-8-14-11-16(19)18(17(20)12-14)15-9-6-7-13(2)10-15/h10-11,13,20-21H,3-9H2,1-2H3,(H,22,23);10-12,15,19-20H,3-9H2,1-2H3. The number of carboxylic acid groups (broad SMARTS) is 1. The summed E-state index contributed by atoms with van der Waals surface area (Å²) in [7, 11) is 0. The van der Waals surface area contributed by atoms with Crippen molar-refractivity contribution in [2.24, 2.45) is 0 Å². The molecule has 2 atom stereocenters. The summed E-state index contributed by atoms with van der Waals surface area (Å²) in [5, 5.41) is 51.0. The lowest BCUT2D eigenvalue weighted by atomic mass is 9.83. The molecule has 0 fully saturated rings. The maximum atomic E-state index is 11.6. The van der Waals surface area contributed by atoms with Gasteiger partial charge in [-0.05, 0) is 107 Å². The molecular formula is C37H52O6. The van der Waals surface area contributed by atoms with Crippen molar-refractivity contribution in [3.8, 4) is 23.0 Å². The van der Waals surface area contributed by atoms with E-state index in [9.17, 15) is 30.3 Å². The fourth-order valence-electron chi connectivity index (χ4n) is 6.55. The second kappa shape index (κ2) is 16.4. The van der Waals surface area contributed by atoms with Gasteiger partial charge in [0.05, 0.1) is 0 Å². The number of hydrogen-bond acceptors (Lipinski definition) is 5. The first-order chi connectivity index (χ1) is 20.6. The number of aromatic hydroxyl groups is 4. The van der Waals surface area contributed by atoms with E-state index >= 15 is 0 Å². The first kappa shape index (κ1) is 34.1. The molecule has 236 valence electrons. The van der Waals surface area contributed by atoms with Crippen LogP contribution in [0, 0.1) is 0 Å². The second-order valence-corrected chi connectivity index (χ2v) is 12.5. The molecule has 5 N–H and O–H groups in total. The van der Waals surface area contributed by atoms with Crippen LogP contribution in [-0.2, 0) is 12.8 Å². The summed E-state index contributed by atoms with van der Waals surface area (Å²) in [6.45, 7) is 8.40. The molecule has 43 heavy (non-hydrogen) atoms. The summed E-state index contributed by atoms with van der Waals surface area (Å²) in [5.74, 6) is -0.832. The van der Waals surface area contributed by atoms with Crippen LogP contribution in [0.1, 0.15) is 149 Å². The molecule has 0 heterocycles. The highest BCUT2D eigenvalue weighted by Gasteiger charge is 2.27. The summed E-state index contributed by atoms with van der Waals surface area (Å²) in [6.07, 6.45) is 18.1. The summed E-state index contributed by atoms with van der Waals surface area (Å²) in [5.41, 5.74) is 5.14. The maximum Gasteiger partial charge on any atom is 0.339 e. The summed E-state index contributed by atoms with van der Waals surface area (Å²) in [4.78, 5) is 11.6. The minimum Gasteiger partial charge on any atom is -0.507 e. The third kappa shape index (κ3) is 9.29. The molecule has 2 unspecified atom stereocenters. The molecule has 0 aromatic heterocycles. The van der Waals surface area contributed by atoms with Crippen LogP contribution in [0.4, 0.5) is 0 Å². The number of aromatic carboxylic acids is 1. The quantitative estimate of drug-likeness (QED) is 0.131. The average Bonchev–Trinajstić information content (AvgIpc) is 2.93. The zero-order chi connectivity index (χ0) is 31.5. The first-order valence-electron chi connectivity index (χ1n) is 16.3. The highest BCUT2D eigenvalue weighted by molar-refractivity contribution is 5.94. The molecular weight excluding hydrogens is 540 g/mol. The lowest BCUT2D eigenvalue weighted by Crippen LogP contribution is -2.09. The molecule has 0 radical (unpaired) electrons. The molecule has 2 aromatic carbocycles. The average molecular weight is 593 g/mol. The largest absolute Gasteiger partial charge is 0.507 e. The van der Waals surface area contributed by atoms with Gasteiger partial charge in [0, 0.05) is 23.0 Å². The van der Waals surface area contributed by atoms with Crippen molar-refractivity contribution < 1.29 is 30.3 Å². The van der Waals surface area contributed by atoms with Gasteiger partial charge in [-0.1, -0.05) is 62.8 Å². The van der Waals surface area contributed by atoms with E-state index < -0.39 is 5.97 Å². The fraction of sp³-hybridized carbons (Fsp3) is 0.541. The third-order valence-corrected chi connectivity index (χ3v) is 8.81. The van der Waals surface area contributed by atoms with Gasteiger partial charge in [-0.2, -0.15) is 0 Å². The Balaban J connectivity index is 0.000000238. The Bertz CT molecular complexity index is 1280. The highest BCUT2D eigenvalue weighted by atomic mass is 16.4. The number of phenolic OH excluding ortho intramolecular Hbond substituents is 3. The van der Waals surface area contributed by atoms with Gasteiger partial charge < -0.3 is 25.5 Å². The molecule has 0 bridgehead atoms. The number of aryl methyl sites for hydroxylation is 2. The van der Waals surface area contributed by atoms with Crippen LogP contribution in [0.3, 0.4) is 0 Å². The number of carboxylic acids is 1. The maximum absolute atomic E-state index is 11.6. The Morgan fingerprint density at radius 3 is 1.70 bits per heavy atom. The topological polar surface area (TPSA) is 118 Å². The number of benzene rings is 2. The highest BCUT2D eigenvalue weighted by Crippen LogP contribution is 2.44. The predicted octanol–water partition coefficient (Wildman–Crippen LogP) is 9.79. The number of rotatable bonds is 11. The van der Waals surface area contributed by atoms with Gasteiger partial charge in [-0.3, -0.25) is 0 Å². The molecule has 2 aliphatic carbocycles. The Hall–Kier alpha value is -3.41. The van der Waals surface area contributed by atoms with Crippen LogP contribution in [0.15, 0.2) is 41.5 Å². The molecule has 6 heteroatoms. The molecule has 0 saturated heterocycles. The first-order valence-corrected chi connectivity index (χ1v) is 16.3. The van der Waals surface area contributed by atoms with Crippen molar-refractivity contribution >= 4 is 5.97 Å². The van der Waals surface area contributed by atoms with Crippen molar-refractivity contribution in [2.45, 2.75) is 129 Å². The summed E-state index contributed by atoms with van der Waals surface area (Å²) >= 11 is 0. The summed E-state index contributed by atoms with van der Waals surface area (Å²) < 4.78 is 0. The van der Waals surface area contributed by atoms with Crippen molar-refractivity contribution in [1.29, 1.82) is 0 Å². The molecule has 0 aliphatic heterocycles. The minimum atomic E-state index is -1.13. The van der Waals surface area contributed by atoms with Crippen molar-refractivity contribution in [2.75, 3.05) is 0 Å². The van der Waals surface area contributed by atoms with Crippen LogP contribution in [0.25, 0.3) is 0 Å². The van der Waals surface area contributed by atoms with Gasteiger partial charge in [0.15, 0.2) is 0 Å². The molecule has 0 amide bonds. The van der Waals surface area contributed by atoms with E-state index in [0.717, 1.165) is 76.2 Å². The molecule has 4 rings (SSSR count). The van der Waals surface area contributed by atoms with Gasteiger partial charge in [-0.15, -0.1) is 0 Å². The Morgan fingerprint density at radius 2 is 1.21 bits per heavy atom. The van der Waals surface area contributed by atoms with Crippen molar-refractivity contribution in [3.05, 3.63) is 69.3 Å². The van der Waals surface area contributed by atoms with E-state index in [4.69, 9.17) is 0 Å². The van der Waals surface area contributed by atoms with E-state index in [1.165, 1.54) is 30.1 Å². The van der Waals surface area contributed by atoms with Gasteiger partial charge in [-0.25, -0.2) is 4.79 Å². The fourth-order valence-corrected chi connectivity index (χ4v) is 6.55. The van der Waals surface area contributed by atoms with E-state index in [-0.39, 0.29) is 40.4 Å². The van der Waals surface area contributed by atoms with E-state index in [1.807, 2.05) is 25.1 Å². The van der Waals surface area contributed by atoms with Gasteiger partial charge >= 0.3 is 5.97 Å². The predicted molar refractivity (Wildman–Crippen MR) is 174 cm³/mol. The minimum absolute atomic E-state index is 0.00921. The molecule has 6 nitrogen and oxygen atoms in total. The normalized spacial score (nSPS) is 18.3. The smallest absolute Gasteiger partial charge is 0.339 e. The van der Waals surface area contributed by atoms with Gasteiger partial charge in [0.25, 0.3) is 0 Å². The van der Waals surface area contributed by atoms with Crippen LogP contribution < -0.4 is 0 Å². The Kier molecular flexibility index (Phi) is 13.0. The summed E-state index contributed by atoms with van der Waals surface area (Å²) in [6, 6.07) is 5.21. The van der Waals surface area contributed by atoms with E-state index in [1.54, 1.807) is 0 Å². The Morgan fingerprint density at radius 1 is 0.721 bits per heavy atom. The van der Waals surface area contributed by atoms with E-state index in [0.29, 0.717) is 23.1 Å². The zero-order valence-electron chi connectivity index (χ0n) is 26.6. The van der Waals surface area contributed by atoms with Gasteiger partial charge in [0.1, 0.15) is 28.6 Å². The van der Waals surface area contributed by atoms with Crippen molar-refractivity contribution in [1.82, 2.24) is 0 Å². The number of unbranched alkanes of at least 4 members (excludes halogenated alkanes) is 4. The number of allylic oxidation sites excluding steroid dienone is 4. The van der Waals surface area contributed by atoms with E-state index in [2.05, 4.69) is 26.8 Å². The number of phenols is 4. The van der Waals surface area contributed by atoms with Crippen LogP contribution in [0.5, 0.6) is 23.0 Å². The monoisotopic (exact) mass is 592 g/mol. The molecule has 2 aliphatic rings. The zero-order valence-corrected chi connectivity index (χ0v) is 26.6. The van der Waals surface area contributed by atoms with Crippen molar-refractivity contribution in [3.63, 3.8) is 0 Å². The molecule has 2 aromatic rings. The Labute approximate surface area is 257 Å². The molecule has 0 spiro atoms.